The third-order valence-corrected chi connectivity index (χ3v) is 4.73. The van der Waals surface area contributed by atoms with Crippen molar-refractivity contribution in [1.29, 1.82) is 0 Å². The predicted octanol–water partition coefficient (Wildman–Crippen LogP) is 2.32. The van der Waals surface area contributed by atoms with Crippen LogP contribution in [0.25, 0.3) is 0 Å². The molecule has 7 heteroatoms. The van der Waals surface area contributed by atoms with Crippen LogP contribution in [0.4, 0.5) is 0 Å². The van der Waals surface area contributed by atoms with Gasteiger partial charge in [0.25, 0.3) is 5.91 Å². The number of rotatable bonds is 8. The van der Waals surface area contributed by atoms with E-state index in [9.17, 15) is 4.79 Å². The Morgan fingerprint density at radius 3 is 2.78 bits per heavy atom. The summed E-state index contributed by atoms with van der Waals surface area (Å²) >= 11 is 0. The van der Waals surface area contributed by atoms with Gasteiger partial charge in [-0.15, -0.1) is 0 Å². The maximum absolute atomic E-state index is 12.6. The lowest BCUT2D eigenvalue weighted by Crippen LogP contribution is -2.38. The van der Waals surface area contributed by atoms with Gasteiger partial charge in [0, 0.05) is 19.6 Å². The van der Waals surface area contributed by atoms with E-state index >= 15 is 0 Å². The van der Waals surface area contributed by atoms with Crippen molar-refractivity contribution >= 4 is 5.91 Å². The number of nitrogens with zero attached hydrogens (tertiary/aromatic N) is 2. The molecule has 0 spiro atoms. The number of para-hydroxylation sites is 1. The molecule has 0 radical (unpaired) electrons. The summed E-state index contributed by atoms with van der Waals surface area (Å²) in [4.78, 5) is 14.9. The average Bonchev–Trinajstić information content (AvgIpc) is 3.02. The molecule has 1 amide bonds. The van der Waals surface area contributed by atoms with E-state index in [4.69, 9.17) is 14.0 Å². The summed E-state index contributed by atoms with van der Waals surface area (Å²) in [6, 6.07) is 7.28. The average molecular weight is 373 g/mol. The van der Waals surface area contributed by atoms with Gasteiger partial charge in [0.2, 0.25) is 0 Å². The van der Waals surface area contributed by atoms with Crippen LogP contribution in [0.2, 0.25) is 0 Å². The predicted molar refractivity (Wildman–Crippen MR) is 101 cm³/mol. The number of hydrogen-bond acceptors (Lipinski definition) is 6. The molecule has 146 valence electrons. The highest BCUT2D eigenvalue weighted by Crippen LogP contribution is 2.21. The fourth-order valence-electron chi connectivity index (χ4n) is 3.06. The van der Waals surface area contributed by atoms with Gasteiger partial charge in [-0.3, -0.25) is 9.69 Å². The molecule has 1 aromatic heterocycles. The molecule has 1 aromatic carbocycles. The number of ether oxygens (including phenoxy) is 2. The van der Waals surface area contributed by atoms with Crippen molar-refractivity contribution in [3.05, 3.63) is 46.8 Å². The summed E-state index contributed by atoms with van der Waals surface area (Å²) in [6.07, 6.45) is 0.911. The summed E-state index contributed by atoms with van der Waals surface area (Å²) in [7, 11) is 0. The van der Waals surface area contributed by atoms with E-state index in [-0.39, 0.29) is 5.91 Å². The van der Waals surface area contributed by atoms with Crippen molar-refractivity contribution in [3.8, 4) is 5.75 Å². The summed E-state index contributed by atoms with van der Waals surface area (Å²) in [6.45, 7) is 9.17. The molecule has 0 atom stereocenters. The van der Waals surface area contributed by atoms with E-state index in [0.717, 1.165) is 56.3 Å². The monoisotopic (exact) mass is 373 g/mol. The number of carbonyl (C=O) groups excluding carboxylic acids is 1. The van der Waals surface area contributed by atoms with Crippen LogP contribution in [0.3, 0.4) is 0 Å². The minimum Gasteiger partial charge on any atom is -0.488 e. The normalized spacial score (nSPS) is 14.9. The van der Waals surface area contributed by atoms with Gasteiger partial charge in [0.1, 0.15) is 18.1 Å². The van der Waals surface area contributed by atoms with Gasteiger partial charge in [0.05, 0.1) is 30.0 Å². The Labute approximate surface area is 159 Å². The summed E-state index contributed by atoms with van der Waals surface area (Å²) < 4.78 is 16.4. The number of morpholine rings is 1. The van der Waals surface area contributed by atoms with Crippen molar-refractivity contribution in [2.75, 3.05) is 39.4 Å². The number of aryl methyl sites for hydroxylation is 2. The van der Waals surface area contributed by atoms with Crippen molar-refractivity contribution < 1.29 is 18.8 Å². The number of carbonyl (C=O) groups is 1. The Bertz CT molecular complexity index is 734. The second kappa shape index (κ2) is 9.53. The maximum atomic E-state index is 12.6. The van der Waals surface area contributed by atoms with Crippen molar-refractivity contribution in [2.45, 2.75) is 26.9 Å². The second-order valence-corrected chi connectivity index (χ2v) is 6.65. The lowest BCUT2D eigenvalue weighted by Gasteiger charge is -2.26. The zero-order valence-electron chi connectivity index (χ0n) is 16.0. The highest BCUT2D eigenvalue weighted by Gasteiger charge is 2.15. The van der Waals surface area contributed by atoms with Crippen LogP contribution in [0.5, 0.6) is 5.75 Å². The van der Waals surface area contributed by atoms with Crippen LogP contribution in [0.15, 0.2) is 28.8 Å². The van der Waals surface area contributed by atoms with Crippen molar-refractivity contribution in [2.24, 2.45) is 0 Å². The van der Waals surface area contributed by atoms with Crippen molar-refractivity contribution in [3.63, 3.8) is 0 Å². The number of hydrogen-bond donors (Lipinski definition) is 1. The zero-order valence-corrected chi connectivity index (χ0v) is 16.0. The van der Waals surface area contributed by atoms with Gasteiger partial charge >= 0.3 is 0 Å². The lowest BCUT2D eigenvalue weighted by molar-refractivity contribution is 0.0374. The molecule has 0 saturated carbocycles. The Balaban J connectivity index is 1.50. The number of nitrogens with one attached hydrogen (secondary N) is 1. The Morgan fingerprint density at radius 2 is 2.04 bits per heavy atom. The fourth-order valence-corrected chi connectivity index (χ4v) is 3.06. The third-order valence-electron chi connectivity index (χ3n) is 4.73. The summed E-state index contributed by atoms with van der Waals surface area (Å²) in [5, 5.41) is 6.92. The van der Waals surface area contributed by atoms with Gasteiger partial charge in [-0.25, -0.2) is 0 Å². The molecule has 1 N–H and O–H groups in total. The van der Waals surface area contributed by atoms with Crippen LogP contribution in [-0.4, -0.2) is 55.4 Å². The highest BCUT2D eigenvalue weighted by molar-refractivity contribution is 5.96. The van der Waals surface area contributed by atoms with Crippen LogP contribution >= 0.6 is 0 Å². The molecule has 1 aliphatic heterocycles. The third kappa shape index (κ3) is 5.30. The lowest BCUT2D eigenvalue weighted by atomic mass is 10.1. The fraction of sp³-hybridized carbons (Fsp3) is 0.500. The standard InChI is InChI=1S/C20H27N3O4/c1-15-18(16(2)27-22-15)14-26-19-7-4-3-6-17(19)20(24)21-8-5-9-23-10-12-25-13-11-23/h3-4,6-7H,5,8-14H2,1-2H3,(H,21,24). The highest BCUT2D eigenvalue weighted by atomic mass is 16.5. The Kier molecular flexibility index (Phi) is 6.84. The first-order valence-corrected chi connectivity index (χ1v) is 9.37. The van der Waals surface area contributed by atoms with Crippen molar-refractivity contribution in [1.82, 2.24) is 15.4 Å². The second-order valence-electron chi connectivity index (χ2n) is 6.65. The van der Waals surface area contributed by atoms with E-state index in [1.807, 2.05) is 26.0 Å². The zero-order chi connectivity index (χ0) is 19.1. The first-order chi connectivity index (χ1) is 13.1. The largest absolute Gasteiger partial charge is 0.488 e. The molecule has 2 aromatic rings. The topological polar surface area (TPSA) is 76.8 Å². The summed E-state index contributed by atoms with van der Waals surface area (Å²) in [5.74, 6) is 1.17. The molecule has 7 nitrogen and oxygen atoms in total. The number of aromatic nitrogens is 1. The first-order valence-electron chi connectivity index (χ1n) is 9.37. The molecule has 1 fully saturated rings. The smallest absolute Gasteiger partial charge is 0.255 e. The van der Waals surface area contributed by atoms with Crippen LogP contribution in [-0.2, 0) is 11.3 Å². The van der Waals surface area contributed by atoms with E-state index < -0.39 is 0 Å². The minimum atomic E-state index is -0.119. The Hall–Kier alpha value is -2.38. The van der Waals surface area contributed by atoms with E-state index in [1.165, 1.54) is 0 Å². The molecule has 0 bridgehead atoms. The first kappa shape index (κ1) is 19.4. The van der Waals surface area contributed by atoms with E-state index in [1.54, 1.807) is 12.1 Å². The van der Waals surface area contributed by atoms with Gasteiger partial charge in [-0.1, -0.05) is 17.3 Å². The molecule has 2 heterocycles. The van der Waals surface area contributed by atoms with Gasteiger partial charge in [0.15, 0.2) is 0 Å². The van der Waals surface area contributed by atoms with Gasteiger partial charge < -0.3 is 19.3 Å². The van der Waals surface area contributed by atoms with Crippen LogP contribution in [0.1, 0.15) is 33.8 Å². The van der Waals surface area contributed by atoms with Crippen LogP contribution < -0.4 is 10.1 Å². The quantitative estimate of drug-likeness (QED) is 0.716. The molecule has 1 saturated heterocycles. The minimum absolute atomic E-state index is 0.119. The molecular formula is C20H27N3O4. The van der Waals surface area contributed by atoms with E-state index in [2.05, 4.69) is 15.4 Å². The Morgan fingerprint density at radius 1 is 1.26 bits per heavy atom. The van der Waals surface area contributed by atoms with Gasteiger partial charge in [-0.05, 0) is 38.9 Å². The van der Waals surface area contributed by atoms with Gasteiger partial charge in [-0.2, -0.15) is 0 Å². The maximum Gasteiger partial charge on any atom is 0.255 e. The molecular weight excluding hydrogens is 346 g/mol. The molecule has 0 unspecified atom stereocenters. The van der Waals surface area contributed by atoms with E-state index in [0.29, 0.717) is 24.5 Å². The number of amides is 1. The SMILES string of the molecule is Cc1noc(C)c1COc1ccccc1C(=O)NCCCN1CCOCC1. The molecule has 27 heavy (non-hydrogen) atoms. The summed E-state index contributed by atoms with van der Waals surface area (Å²) in [5.41, 5.74) is 2.25. The van der Waals surface area contributed by atoms with Crippen LogP contribution in [0, 0.1) is 13.8 Å². The molecule has 3 rings (SSSR count). The molecule has 0 aliphatic carbocycles. The molecule has 1 aliphatic rings. The number of benzene rings is 1.